The van der Waals surface area contributed by atoms with E-state index in [1.54, 1.807) is 32.0 Å². The average molecular weight is 300 g/mol. The monoisotopic (exact) mass is 300 g/mol. The van der Waals surface area contributed by atoms with E-state index in [0.29, 0.717) is 29.1 Å². The van der Waals surface area contributed by atoms with E-state index in [1.807, 2.05) is 6.92 Å². The van der Waals surface area contributed by atoms with Crippen molar-refractivity contribution in [3.63, 3.8) is 0 Å². The Morgan fingerprint density at radius 2 is 1.91 bits per heavy atom. The third kappa shape index (κ3) is 2.19. The summed E-state index contributed by atoms with van der Waals surface area (Å²) in [6.07, 6.45) is 1.41. The number of ether oxygens (including phenoxy) is 2. The molecule has 0 saturated heterocycles. The lowest BCUT2D eigenvalue weighted by Gasteiger charge is -2.32. The fourth-order valence-corrected chi connectivity index (χ4v) is 2.49. The Labute approximate surface area is 127 Å². The first kappa shape index (κ1) is 14.4. The Kier molecular flexibility index (Phi) is 3.28. The van der Waals surface area contributed by atoms with E-state index >= 15 is 0 Å². The first-order valence-corrected chi connectivity index (χ1v) is 7.07. The van der Waals surface area contributed by atoms with Gasteiger partial charge in [0.05, 0.1) is 24.0 Å². The van der Waals surface area contributed by atoms with Crippen LogP contribution in [0.5, 0.6) is 5.75 Å². The number of rotatable bonds is 2. The largest absolute Gasteiger partial charge is 0.501 e. The van der Waals surface area contributed by atoms with Gasteiger partial charge in [-0.1, -0.05) is 0 Å². The number of benzene rings is 1. The smallest absolute Gasteiger partial charge is 0.336 e. The maximum absolute atomic E-state index is 12.7. The Balaban J connectivity index is 2.36. The lowest BCUT2D eigenvalue weighted by molar-refractivity contribution is -0.126. The molecule has 1 aliphatic rings. The number of carbonyl (C=O) groups excluding carboxylic acids is 1. The van der Waals surface area contributed by atoms with Crippen LogP contribution in [0.3, 0.4) is 0 Å². The molecule has 0 N–H and O–H groups in total. The first-order valence-electron chi connectivity index (χ1n) is 7.07. The van der Waals surface area contributed by atoms with Crippen molar-refractivity contribution in [3.8, 4) is 5.75 Å². The average Bonchev–Trinajstić information content (AvgIpc) is 2.47. The van der Waals surface area contributed by atoms with E-state index < -0.39 is 11.2 Å². The van der Waals surface area contributed by atoms with Gasteiger partial charge in [0.2, 0.25) is 5.78 Å². The van der Waals surface area contributed by atoms with Crippen LogP contribution < -0.4 is 10.4 Å². The van der Waals surface area contributed by atoms with Crippen molar-refractivity contribution < 1.29 is 18.7 Å². The number of hydrogen-bond acceptors (Lipinski definition) is 5. The van der Waals surface area contributed by atoms with Crippen molar-refractivity contribution in [2.45, 2.75) is 26.4 Å². The molecular formula is C17H16O5. The zero-order valence-electron chi connectivity index (χ0n) is 12.6. The zero-order valence-corrected chi connectivity index (χ0v) is 12.6. The Bertz CT molecular complexity index is 842. The molecule has 0 unspecified atom stereocenters. The van der Waals surface area contributed by atoms with Crippen molar-refractivity contribution in [2.24, 2.45) is 0 Å². The van der Waals surface area contributed by atoms with Crippen molar-refractivity contribution in [2.75, 3.05) is 6.61 Å². The summed E-state index contributed by atoms with van der Waals surface area (Å²) >= 11 is 0. The molecule has 1 aliphatic heterocycles. The minimum absolute atomic E-state index is 0.215. The van der Waals surface area contributed by atoms with Gasteiger partial charge in [-0.05, 0) is 39.0 Å². The number of fused-ring (bicyclic) bond motifs is 3. The molecule has 0 aliphatic carbocycles. The minimum atomic E-state index is -1.00. The molecule has 2 aromatic rings. The fraction of sp³-hybridized carbons (Fsp3) is 0.294. The maximum atomic E-state index is 12.7. The second-order valence-corrected chi connectivity index (χ2v) is 5.54. The molecule has 0 fully saturated rings. The Morgan fingerprint density at radius 3 is 2.64 bits per heavy atom. The number of Topliss-reactive ketones (excluding diaryl/α,β-unsaturated/α-hetero) is 1. The van der Waals surface area contributed by atoms with Gasteiger partial charge in [0.25, 0.3) is 0 Å². The predicted octanol–water partition coefficient (Wildman–Crippen LogP) is 2.91. The summed E-state index contributed by atoms with van der Waals surface area (Å²) in [6.45, 7) is 5.66. The second-order valence-electron chi connectivity index (χ2n) is 5.54. The topological polar surface area (TPSA) is 65.7 Å². The molecule has 2 heterocycles. The maximum Gasteiger partial charge on any atom is 0.336 e. The standard InChI is InChI=1S/C17H16O5/c1-4-20-9-11-14-12(22-17(2,3)16(11)19)7-5-10-6-8-13(18)21-15(10)14/h5-9H,4H2,1-3H3/b11-9+. The highest BCUT2D eigenvalue weighted by atomic mass is 16.5. The molecule has 0 radical (unpaired) electrons. The highest BCUT2D eigenvalue weighted by molar-refractivity contribution is 6.28. The molecule has 0 atom stereocenters. The van der Waals surface area contributed by atoms with Crippen LogP contribution in [0.4, 0.5) is 0 Å². The van der Waals surface area contributed by atoms with Crippen LogP contribution >= 0.6 is 0 Å². The van der Waals surface area contributed by atoms with E-state index in [4.69, 9.17) is 13.9 Å². The van der Waals surface area contributed by atoms with E-state index in [-0.39, 0.29) is 5.78 Å². The number of carbonyl (C=O) groups is 1. The lowest BCUT2D eigenvalue weighted by Crippen LogP contribution is -2.42. The normalized spacial score (nSPS) is 18.1. The first-order chi connectivity index (χ1) is 10.4. The molecule has 1 aromatic heterocycles. The molecular weight excluding hydrogens is 284 g/mol. The fourth-order valence-electron chi connectivity index (χ4n) is 2.49. The molecule has 22 heavy (non-hydrogen) atoms. The SMILES string of the molecule is CCO/C=C1/C(=O)C(C)(C)Oc2ccc3ccc(=O)oc3c21. The van der Waals surface area contributed by atoms with Gasteiger partial charge >= 0.3 is 5.63 Å². The molecule has 5 nitrogen and oxygen atoms in total. The molecule has 5 heteroatoms. The van der Waals surface area contributed by atoms with E-state index in [0.717, 1.165) is 5.39 Å². The molecule has 0 bridgehead atoms. The van der Waals surface area contributed by atoms with Gasteiger partial charge in [-0.25, -0.2) is 4.79 Å². The number of ketones is 1. The third-order valence-corrected chi connectivity index (χ3v) is 3.55. The summed E-state index contributed by atoms with van der Waals surface area (Å²) in [5.74, 6) is 0.282. The van der Waals surface area contributed by atoms with Crippen molar-refractivity contribution in [1.82, 2.24) is 0 Å². The van der Waals surface area contributed by atoms with E-state index in [1.165, 1.54) is 12.3 Å². The van der Waals surface area contributed by atoms with Crippen molar-refractivity contribution >= 4 is 22.3 Å². The van der Waals surface area contributed by atoms with Gasteiger partial charge in [0.1, 0.15) is 11.3 Å². The molecule has 1 aromatic carbocycles. The second kappa shape index (κ2) is 5.02. The third-order valence-electron chi connectivity index (χ3n) is 3.55. The molecule has 3 rings (SSSR count). The van der Waals surface area contributed by atoms with Crippen LogP contribution in [0.25, 0.3) is 16.5 Å². The van der Waals surface area contributed by atoms with Crippen LogP contribution in [0.2, 0.25) is 0 Å². The van der Waals surface area contributed by atoms with Gasteiger partial charge in [0, 0.05) is 11.5 Å². The summed E-state index contributed by atoms with van der Waals surface area (Å²) in [6, 6.07) is 6.56. The van der Waals surface area contributed by atoms with Gasteiger partial charge in [-0.3, -0.25) is 4.79 Å². The van der Waals surface area contributed by atoms with Gasteiger partial charge < -0.3 is 13.9 Å². The Morgan fingerprint density at radius 1 is 1.18 bits per heavy atom. The number of hydrogen-bond donors (Lipinski definition) is 0. The van der Waals surface area contributed by atoms with E-state index in [2.05, 4.69) is 0 Å². The molecule has 0 spiro atoms. The summed E-state index contributed by atoms with van der Waals surface area (Å²) < 4.78 is 16.4. The molecule has 0 amide bonds. The molecule has 0 saturated carbocycles. The van der Waals surface area contributed by atoms with E-state index in [9.17, 15) is 9.59 Å². The van der Waals surface area contributed by atoms with Crippen molar-refractivity contribution in [3.05, 3.63) is 46.5 Å². The van der Waals surface area contributed by atoms with Crippen molar-refractivity contribution in [1.29, 1.82) is 0 Å². The lowest BCUT2D eigenvalue weighted by atomic mass is 9.87. The van der Waals surface area contributed by atoms with Gasteiger partial charge in [-0.2, -0.15) is 0 Å². The van der Waals surface area contributed by atoms with Crippen LogP contribution in [-0.2, 0) is 9.53 Å². The van der Waals surface area contributed by atoms with Crippen LogP contribution in [0.15, 0.2) is 39.7 Å². The van der Waals surface area contributed by atoms with Crippen LogP contribution in [0.1, 0.15) is 26.3 Å². The highest BCUT2D eigenvalue weighted by Gasteiger charge is 2.40. The summed E-state index contributed by atoms with van der Waals surface area (Å²) in [5, 5.41) is 0.719. The highest BCUT2D eigenvalue weighted by Crippen LogP contribution is 2.41. The Hall–Kier alpha value is -2.56. The summed E-state index contributed by atoms with van der Waals surface area (Å²) in [4.78, 5) is 24.2. The van der Waals surface area contributed by atoms with Crippen LogP contribution in [-0.4, -0.2) is 18.0 Å². The predicted molar refractivity (Wildman–Crippen MR) is 81.8 cm³/mol. The van der Waals surface area contributed by atoms with Gasteiger partial charge in [-0.15, -0.1) is 0 Å². The zero-order chi connectivity index (χ0) is 15.9. The summed E-state index contributed by atoms with van der Waals surface area (Å²) in [7, 11) is 0. The van der Waals surface area contributed by atoms with Gasteiger partial charge in [0.15, 0.2) is 5.60 Å². The quantitative estimate of drug-likeness (QED) is 0.484. The molecule has 114 valence electrons. The summed E-state index contributed by atoms with van der Waals surface area (Å²) in [5.41, 5.74) is -0.326. The van der Waals surface area contributed by atoms with Crippen LogP contribution in [0, 0.1) is 0 Å². The minimum Gasteiger partial charge on any atom is -0.501 e.